The summed E-state index contributed by atoms with van der Waals surface area (Å²) in [5.41, 5.74) is 3.11. The molecule has 0 aromatic carbocycles. The third kappa shape index (κ3) is 3.64. The van der Waals surface area contributed by atoms with Crippen LogP contribution in [-0.4, -0.2) is 38.2 Å². The van der Waals surface area contributed by atoms with Crippen molar-refractivity contribution >= 4 is 5.91 Å². The van der Waals surface area contributed by atoms with Gasteiger partial charge in [0, 0.05) is 24.6 Å². The van der Waals surface area contributed by atoms with Crippen LogP contribution in [0.1, 0.15) is 33.2 Å². The number of rotatable bonds is 4. The molecular weight excluding hydrogens is 344 g/mol. The van der Waals surface area contributed by atoms with Gasteiger partial charge >= 0.3 is 0 Å². The average molecular weight is 366 g/mol. The lowest BCUT2D eigenvalue weighted by molar-refractivity contribution is 0.00917. The standard InChI is InChI=1S/C20H22N4O3/c1-14-19(15(2)27-22-14)20(25)24-10-17-7-5-9-23(17)11-18(12-24)26-13-16-6-3-4-8-21-16/h3-9,18H,10-13H2,1-2H3. The maximum absolute atomic E-state index is 13.2. The molecule has 0 radical (unpaired) electrons. The molecule has 7 heteroatoms. The molecule has 1 aliphatic heterocycles. The van der Waals surface area contributed by atoms with E-state index in [-0.39, 0.29) is 12.0 Å². The molecule has 0 saturated heterocycles. The van der Waals surface area contributed by atoms with E-state index in [4.69, 9.17) is 9.26 Å². The highest BCUT2D eigenvalue weighted by molar-refractivity contribution is 5.96. The van der Waals surface area contributed by atoms with Crippen LogP contribution in [0.3, 0.4) is 0 Å². The third-order valence-corrected chi connectivity index (χ3v) is 4.83. The fourth-order valence-corrected chi connectivity index (χ4v) is 3.45. The van der Waals surface area contributed by atoms with Crippen LogP contribution in [0.2, 0.25) is 0 Å². The first kappa shape index (κ1) is 17.5. The predicted octanol–water partition coefficient (Wildman–Crippen LogP) is 2.73. The highest BCUT2D eigenvalue weighted by Crippen LogP contribution is 2.21. The van der Waals surface area contributed by atoms with E-state index in [2.05, 4.69) is 14.7 Å². The molecule has 0 fully saturated rings. The van der Waals surface area contributed by atoms with Crippen molar-refractivity contribution in [3.05, 3.63) is 71.1 Å². The average Bonchev–Trinajstić information content (AvgIpc) is 3.20. The van der Waals surface area contributed by atoms with E-state index in [1.165, 1.54) is 0 Å². The van der Waals surface area contributed by atoms with Crippen LogP contribution in [0.5, 0.6) is 0 Å². The number of hydrogen-bond acceptors (Lipinski definition) is 5. The van der Waals surface area contributed by atoms with Crippen LogP contribution < -0.4 is 0 Å². The molecule has 1 aliphatic rings. The number of ether oxygens (including phenoxy) is 1. The van der Waals surface area contributed by atoms with Crippen molar-refractivity contribution in [2.24, 2.45) is 0 Å². The van der Waals surface area contributed by atoms with Crippen molar-refractivity contribution in [1.29, 1.82) is 0 Å². The molecule has 0 bridgehead atoms. The highest BCUT2D eigenvalue weighted by atomic mass is 16.5. The second kappa shape index (κ2) is 7.36. The molecule has 0 saturated carbocycles. The van der Waals surface area contributed by atoms with Crippen LogP contribution in [0.4, 0.5) is 0 Å². The monoisotopic (exact) mass is 366 g/mol. The van der Waals surface area contributed by atoms with Gasteiger partial charge in [0.15, 0.2) is 0 Å². The Labute approximate surface area is 157 Å². The number of aromatic nitrogens is 3. The van der Waals surface area contributed by atoms with Crippen molar-refractivity contribution in [1.82, 2.24) is 19.6 Å². The van der Waals surface area contributed by atoms with E-state index in [1.54, 1.807) is 20.0 Å². The van der Waals surface area contributed by atoms with Gasteiger partial charge in [0.2, 0.25) is 0 Å². The summed E-state index contributed by atoms with van der Waals surface area (Å²) in [6.07, 6.45) is 3.64. The van der Waals surface area contributed by atoms with Crippen molar-refractivity contribution in [3.8, 4) is 0 Å². The Morgan fingerprint density at radius 3 is 2.89 bits per heavy atom. The minimum atomic E-state index is -0.134. The normalized spacial score (nSPS) is 16.8. The molecule has 0 aliphatic carbocycles. The Morgan fingerprint density at radius 2 is 2.15 bits per heavy atom. The Hall–Kier alpha value is -2.93. The molecule has 4 rings (SSSR count). The van der Waals surface area contributed by atoms with Gasteiger partial charge in [-0.05, 0) is 38.1 Å². The van der Waals surface area contributed by atoms with E-state index >= 15 is 0 Å². The zero-order valence-corrected chi connectivity index (χ0v) is 15.5. The summed E-state index contributed by atoms with van der Waals surface area (Å²) in [4.78, 5) is 19.3. The highest BCUT2D eigenvalue weighted by Gasteiger charge is 2.29. The first-order chi connectivity index (χ1) is 13.1. The zero-order chi connectivity index (χ0) is 18.8. The molecule has 3 aromatic rings. The largest absolute Gasteiger partial charge is 0.368 e. The number of nitrogens with zero attached hydrogens (tertiary/aromatic N) is 4. The number of fused-ring (bicyclic) bond motifs is 1. The smallest absolute Gasteiger partial charge is 0.259 e. The summed E-state index contributed by atoms with van der Waals surface area (Å²) in [6.45, 7) is 5.69. The molecule has 0 N–H and O–H groups in total. The zero-order valence-electron chi connectivity index (χ0n) is 15.5. The molecule has 7 nitrogen and oxygen atoms in total. The van der Waals surface area contributed by atoms with Gasteiger partial charge in [-0.15, -0.1) is 0 Å². The Bertz CT molecular complexity index is 912. The van der Waals surface area contributed by atoms with Crippen molar-refractivity contribution in [3.63, 3.8) is 0 Å². The number of amides is 1. The lowest BCUT2D eigenvalue weighted by Gasteiger charge is -2.24. The van der Waals surface area contributed by atoms with Crippen LogP contribution in [0, 0.1) is 13.8 Å². The van der Waals surface area contributed by atoms with Crippen molar-refractivity contribution in [2.75, 3.05) is 6.54 Å². The summed E-state index contributed by atoms with van der Waals surface area (Å²) in [6, 6.07) is 9.79. The second-order valence-electron chi connectivity index (χ2n) is 6.79. The molecule has 0 spiro atoms. The molecular formula is C20H22N4O3. The molecule has 1 amide bonds. The number of carbonyl (C=O) groups excluding carboxylic acids is 1. The summed E-state index contributed by atoms with van der Waals surface area (Å²) in [5, 5.41) is 3.92. The van der Waals surface area contributed by atoms with Crippen molar-refractivity contribution in [2.45, 2.75) is 39.6 Å². The number of pyridine rings is 1. The molecule has 1 atom stereocenters. The quantitative estimate of drug-likeness (QED) is 0.710. The van der Waals surface area contributed by atoms with Gasteiger partial charge in [0.1, 0.15) is 11.3 Å². The molecule has 1 unspecified atom stereocenters. The third-order valence-electron chi connectivity index (χ3n) is 4.83. The van der Waals surface area contributed by atoms with E-state index in [1.807, 2.05) is 41.4 Å². The van der Waals surface area contributed by atoms with Crippen LogP contribution in [0.15, 0.2) is 47.2 Å². The van der Waals surface area contributed by atoms with E-state index < -0.39 is 0 Å². The Balaban J connectivity index is 1.56. The SMILES string of the molecule is Cc1noc(C)c1C(=O)N1Cc2cccn2CC(OCc2ccccn2)C1. The van der Waals surface area contributed by atoms with Gasteiger partial charge in [-0.1, -0.05) is 11.2 Å². The lowest BCUT2D eigenvalue weighted by atomic mass is 10.1. The summed E-state index contributed by atoms with van der Waals surface area (Å²) >= 11 is 0. The van der Waals surface area contributed by atoms with Gasteiger partial charge in [-0.2, -0.15) is 0 Å². The van der Waals surface area contributed by atoms with Gasteiger partial charge < -0.3 is 18.7 Å². The first-order valence-electron chi connectivity index (χ1n) is 8.99. The first-order valence-corrected chi connectivity index (χ1v) is 8.99. The number of hydrogen-bond donors (Lipinski definition) is 0. The van der Waals surface area contributed by atoms with Gasteiger partial charge in [-0.3, -0.25) is 9.78 Å². The summed E-state index contributed by atoms with van der Waals surface area (Å²) in [7, 11) is 0. The number of carbonyl (C=O) groups is 1. The lowest BCUT2D eigenvalue weighted by Crippen LogP contribution is -2.37. The molecule has 27 heavy (non-hydrogen) atoms. The van der Waals surface area contributed by atoms with Crippen molar-refractivity contribution < 1.29 is 14.1 Å². The minimum absolute atomic E-state index is 0.0765. The van der Waals surface area contributed by atoms with Gasteiger partial charge in [-0.25, -0.2) is 0 Å². The van der Waals surface area contributed by atoms with Gasteiger partial charge in [0.05, 0.1) is 37.2 Å². The summed E-state index contributed by atoms with van der Waals surface area (Å²) < 4.78 is 13.4. The van der Waals surface area contributed by atoms with Gasteiger partial charge in [0.25, 0.3) is 5.91 Å². The maximum atomic E-state index is 13.2. The Morgan fingerprint density at radius 1 is 1.26 bits per heavy atom. The predicted molar refractivity (Wildman–Crippen MR) is 98.0 cm³/mol. The molecule has 3 aromatic heterocycles. The fraction of sp³-hybridized carbons (Fsp3) is 0.350. The molecule has 4 heterocycles. The van der Waals surface area contributed by atoms with Crippen LogP contribution in [-0.2, 0) is 24.4 Å². The Kier molecular flexibility index (Phi) is 4.77. The van der Waals surface area contributed by atoms with E-state index in [9.17, 15) is 4.79 Å². The van der Waals surface area contributed by atoms with E-state index in [0.29, 0.717) is 43.3 Å². The second-order valence-corrected chi connectivity index (χ2v) is 6.79. The topological polar surface area (TPSA) is 73.4 Å². The fourth-order valence-electron chi connectivity index (χ4n) is 3.45. The summed E-state index contributed by atoms with van der Waals surface area (Å²) in [5.74, 6) is 0.468. The van der Waals surface area contributed by atoms with Crippen LogP contribution >= 0.6 is 0 Å². The molecule has 140 valence electrons. The maximum Gasteiger partial charge on any atom is 0.259 e. The van der Waals surface area contributed by atoms with Crippen LogP contribution in [0.25, 0.3) is 0 Å². The minimum Gasteiger partial charge on any atom is -0.368 e. The number of aryl methyl sites for hydroxylation is 2. The van der Waals surface area contributed by atoms with E-state index in [0.717, 1.165) is 11.4 Å².